The highest BCUT2D eigenvalue weighted by Gasteiger charge is 2.29. The second kappa shape index (κ2) is 7.83. The molecule has 1 N–H and O–H groups in total. The fourth-order valence-electron chi connectivity index (χ4n) is 2.50. The van der Waals surface area contributed by atoms with Gasteiger partial charge in [0.25, 0.3) is 5.91 Å². The Morgan fingerprint density at radius 2 is 1.89 bits per heavy atom. The van der Waals surface area contributed by atoms with E-state index in [1.165, 1.54) is 12.1 Å². The van der Waals surface area contributed by atoms with Gasteiger partial charge in [0.05, 0.1) is 38.6 Å². The number of hydrazone groups is 1. The zero-order valence-electron chi connectivity index (χ0n) is 14.1. The summed E-state index contributed by atoms with van der Waals surface area (Å²) in [5.74, 6) is -0.0636. The van der Waals surface area contributed by atoms with Crippen LogP contribution in [0.5, 0.6) is 11.5 Å². The second-order valence-electron chi connectivity index (χ2n) is 5.60. The summed E-state index contributed by atoms with van der Waals surface area (Å²) >= 11 is 18.7. The Kier molecular flexibility index (Phi) is 5.86. The van der Waals surface area contributed by atoms with Gasteiger partial charge in [-0.3, -0.25) is 4.79 Å². The molecule has 0 aromatic heterocycles. The molecule has 0 atom stereocenters. The summed E-state index contributed by atoms with van der Waals surface area (Å²) in [7, 11) is 1.45. The monoisotopic (exact) mass is 532 g/mol. The quantitative estimate of drug-likeness (QED) is 0.488. The van der Waals surface area contributed by atoms with Crippen molar-refractivity contribution in [3.63, 3.8) is 0 Å². The molecule has 0 aliphatic carbocycles. The number of anilines is 1. The predicted octanol–water partition coefficient (Wildman–Crippen LogP) is 6.04. The zero-order chi connectivity index (χ0) is 19.9. The molecule has 2 aromatic carbocycles. The van der Waals surface area contributed by atoms with Gasteiger partial charge in [-0.2, -0.15) is 10.1 Å². The van der Waals surface area contributed by atoms with E-state index in [2.05, 4.69) is 37.0 Å². The number of benzene rings is 2. The highest BCUT2D eigenvalue weighted by molar-refractivity contribution is 9.13. The summed E-state index contributed by atoms with van der Waals surface area (Å²) in [5, 5.41) is 16.4. The van der Waals surface area contributed by atoms with Gasteiger partial charge in [0.15, 0.2) is 11.5 Å². The normalized spacial score (nSPS) is 15.5. The van der Waals surface area contributed by atoms with Crippen LogP contribution < -0.4 is 9.75 Å². The Morgan fingerprint density at radius 3 is 2.52 bits per heavy atom. The van der Waals surface area contributed by atoms with Crippen molar-refractivity contribution in [3.8, 4) is 11.5 Å². The van der Waals surface area contributed by atoms with Gasteiger partial charge in [0.1, 0.15) is 0 Å². The zero-order valence-corrected chi connectivity index (χ0v) is 18.7. The average Bonchev–Trinajstić information content (AvgIpc) is 2.92. The Balaban J connectivity index is 2.04. The number of phenolic OH excluding ortho intramolecular Hbond substituents is 1. The molecule has 1 aliphatic rings. The standard InChI is InChI=1S/C18H12Br2Cl2N2O3/c1-8-11(5-9-6-14(27-2)17(25)16(20)15(9)19)18(26)24(23-8)10-3-4-12(21)13(22)7-10/h3-7,25H,1-2H3/b11-5+. The maximum atomic E-state index is 12.9. The Morgan fingerprint density at radius 1 is 1.19 bits per heavy atom. The fraction of sp³-hybridized carbons (Fsp3) is 0.111. The lowest BCUT2D eigenvalue weighted by Crippen LogP contribution is -2.21. The molecule has 1 heterocycles. The Hall–Kier alpha value is -1.54. The van der Waals surface area contributed by atoms with Crippen molar-refractivity contribution in [2.24, 2.45) is 5.10 Å². The summed E-state index contributed by atoms with van der Waals surface area (Å²) in [4.78, 5) is 12.9. The topological polar surface area (TPSA) is 62.1 Å². The van der Waals surface area contributed by atoms with Crippen LogP contribution in [0.4, 0.5) is 5.69 Å². The molecule has 3 rings (SSSR count). The molecule has 2 aromatic rings. The van der Waals surface area contributed by atoms with Crippen LogP contribution in [0.25, 0.3) is 6.08 Å². The van der Waals surface area contributed by atoms with Crippen LogP contribution in [0.2, 0.25) is 10.0 Å². The number of halogens is 4. The fourth-order valence-corrected chi connectivity index (χ4v) is 3.64. The highest BCUT2D eigenvalue weighted by atomic mass is 79.9. The number of amides is 1. The van der Waals surface area contributed by atoms with E-state index in [9.17, 15) is 9.90 Å². The lowest BCUT2D eigenvalue weighted by molar-refractivity contribution is -0.114. The Labute approximate surface area is 182 Å². The van der Waals surface area contributed by atoms with E-state index in [-0.39, 0.29) is 17.4 Å². The molecule has 1 aliphatic heterocycles. The van der Waals surface area contributed by atoms with Crippen LogP contribution >= 0.6 is 55.1 Å². The number of carbonyl (C=O) groups excluding carboxylic acids is 1. The molecule has 140 valence electrons. The molecule has 0 saturated carbocycles. The van der Waals surface area contributed by atoms with E-state index < -0.39 is 0 Å². The lowest BCUT2D eigenvalue weighted by atomic mass is 10.1. The molecule has 0 fully saturated rings. The van der Waals surface area contributed by atoms with Crippen LogP contribution in [-0.4, -0.2) is 23.8 Å². The summed E-state index contributed by atoms with van der Waals surface area (Å²) in [6.07, 6.45) is 1.68. The molecule has 9 heteroatoms. The van der Waals surface area contributed by atoms with Crippen molar-refractivity contribution < 1.29 is 14.6 Å². The molecule has 5 nitrogen and oxygen atoms in total. The minimum absolute atomic E-state index is 0.0351. The van der Waals surface area contributed by atoms with Gasteiger partial charge in [-0.15, -0.1) is 0 Å². The van der Waals surface area contributed by atoms with Crippen molar-refractivity contribution in [2.75, 3.05) is 12.1 Å². The van der Waals surface area contributed by atoms with Gasteiger partial charge in [-0.05, 0) is 74.7 Å². The van der Waals surface area contributed by atoms with E-state index in [1.807, 2.05) is 0 Å². The van der Waals surface area contributed by atoms with Gasteiger partial charge >= 0.3 is 0 Å². The molecule has 0 radical (unpaired) electrons. The predicted molar refractivity (Wildman–Crippen MR) is 115 cm³/mol. The van der Waals surface area contributed by atoms with Crippen molar-refractivity contribution in [1.82, 2.24) is 0 Å². The second-order valence-corrected chi connectivity index (χ2v) is 8.00. The molecule has 0 bridgehead atoms. The number of rotatable bonds is 3. The highest BCUT2D eigenvalue weighted by Crippen LogP contribution is 2.42. The van der Waals surface area contributed by atoms with Gasteiger partial charge in [-0.1, -0.05) is 23.2 Å². The van der Waals surface area contributed by atoms with Gasteiger partial charge < -0.3 is 9.84 Å². The molecule has 0 unspecified atom stereocenters. The molecule has 27 heavy (non-hydrogen) atoms. The maximum absolute atomic E-state index is 12.9. The number of aromatic hydroxyl groups is 1. The number of phenols is 1. The van der Waals surface area contributed by atoms with E-state index >= 15 is 0 Å². The van der Waals surface area contributed by atoms with E-state index in [4.69, 9.17) is 27.9 Å². The van der Waals surface area contributed by atoms with Crippen molar-refractivity contribution in [3.05, 3.63) is 54.4 Å². The number of nitrogens with zero attached hydrogens (tertiary/aromatic N) is 2. The summed E-state index contributed by atoms with van der Waals surface area (Å²) < 4.78 is 6.18. The molecule has 1 amide bonds. The van der Waals surface area contributed by atoms with Crippen molar-refractivity contribution in [2.45, 2.75) is 6.92 Å². The lowest BCUT2D eigenvalue weighted by Gasteiger charge is -2.13. The molecular formula is C18H12Br2Cl2N2O3. The van der Waals surface area contributed by atoms with E-state index in [0.717, 1.165) is 0 Å². The van der Waals surface area contributed by atoms with Crippen molar-refractivity contribution in [1.29, 1.82) is 0 Å². The summed E-state index contributed by atoms with van der Waals surface area (Å²) in [5.41, 5.74) is 2.11. The van der Waals surface area contributed by atoms with E-state index in [0.29, 0.717) is 41.5 Å². The first-order valence-corrected chi connectivity index (χ1v) is 9.90. The third kappa shape index (κ3) is 3.74. The van der Waals surface area contributed by atoms with Crippen LogP contribution in [0.1, 0.15) is 12.5 Å². The number of hydrogen-bond acceptors (Lipinski definition) is 4. The number of carbonyl (C=O) groups is 1. The van der Waals surface area contributed by atoms with Crippen LogP contribution in [0, 0.1) is 0 Å². The third-order valence-electron chi connectivity index (χ3n) is 3.90. The summed E-state index contributed by atoms with van der Waals surface area (Å²) in [6.45, 7) is 1.74. The van der Waals surface area contributed by atoms with Gasteiger partial charge in [-0.25, -0.2) is 0 Å². The van der Waals surface area contributed by atoms with Crippen LogP contribution in [0.3, 0.4) is 0 Å². The SMILES string of the molecule is COc1cc(/C=C2/C(=O)N(c3ccc(Cl)c(Cl)c3)N=C2C)c(Br)c(Br)c1O. The average molecular weight is 535 g/mol. The minimum atomic E-state index is -0.305. The first-order valence-electron chi connectivity index (χ1n) is 7.56. The maximum Gasteiger partial charge on any atom is 0.280 e. The Bertz CT molecular complexity index is 1020. The summed E-state index contributed by atoms with van der Waals surface area (Å²) in [6, 6.07) is 6.48. The van der Waals surface area contributed by atoms with Gasteiger partial charge in [0, 0.05) is 4.47 Å². The third-order valence-corrected chi connectivity index (χ3v) is 6.80. The number of hydrogen-bond donors (Lipinski definition) is 1. The largest absolute Gasteiger partial charge is 0.503 e. The van der Waals surface area contributed by atoms with Crippen LogP contribution in [-0.2, 0) is 4.79 Å². The molecule has 0 spiro atoms. The number of ether oxygens (including phenoxy) is 1. The minimum Gasteiger partial charge on any atom is -0.503 e. The first kappa shape index (κ1) is 20.2. The smallest absolute Gasteiger partial charge is 0.280 e. The van der Waals surface area contributed by atoms with E-state index in [1.54, 1.807) is 37.3 Å². The molecule has 0 saturated heterocycles. The first-order chi connectivity index (χ1) is 12.7. The number of methoxy groups -OCH3 is 1. The van der Waals surface area contributed by atoms with Crippen LogP contribution in [0.15, 0.2) is 43.9 Å². The molecular weight excluding hydrogens is 523 g/mol. The van der Waals surface area contributed by atoms with Gasteiger partial charge in [0.2, 0.25) is 0 Å². The van der Waals surface area contributed by atoms with Crippen molar-refractivity contribution >= 4 is 78.4 Å².